The maximum atomic E-state index is 6.43. The molecule has 56 heavy (non-hydrogen) atoms. The van der Waals surface area contributed by atoms with Gasteiger partial charge in [-0.2, -0.15) is 0 Å². The van der Waals surface area contributed by atoms with E-state index in [1.807, 2.05) is 12.1 Å². The molecule has 4 nitrogen and oxygen atoms in total. The van der Waals surface area contributed by atoms with Crippen LogP contribution in [0.5, 0.6) is 0 Å². The predicted molar refractivity (Wildman–Crippen MR) is 238 cm³/mol. The Morgan fingerprint density at radius 2 is 1.23 bits per heavy atom. The molecular formula is C51H31N3OS. The molecule has 0 saturated carbocycles. The van der Waals surface area contributed by atoms with Crippen molar-refractivity contribution in [3.05, 3.63) is 175 Å². The zero-order valence-electron chi connectivity index (χ0n) is 30.4. The Bertz CT molecular complexity index is 3660. The fourth-order valence-electron chi connectivity index (χ4n) is 9.22. The third-order valence-corrected chi connectivity index (χ3v) is 12.6. The van der Waals surface area contributed by atoms with E-state index in [0.717, 1.165) is 70.5 Å². The lowest BCUT2D eigenvalue weighted by Gasteiger charge is -2.16. The molecule has 12 rings (SSSR count). The SMILES string of the molecule is C=Cc1oc2ccccc2c1/C(=C\C)c1nc2sc3ccccc3c2nc1-n1c2ccc3c4ccccc4c4ccccc4c3c2c2ccc3ccccc3c21. The molecule has 12 aromatic rings. The maximum Gasteiger partial charge on any atom is 0.165 e. The second-order valence-corrected chi connectivity index (χ2v) is 15.4. The van der Waals surface area contributed by atoms with Gasteiger partial charge in [-0.05, 0) is 63.5 Å². The summed E-state index contributed by atoms with van der Waals surface area (Å²) < 4.78 is 9.98. The van der Waals surface area contributed by atoms with Crippen molar-refractivity contribution in [2.24, 2.45) is 0 Å². The molecular weight excluding hydrogens is 703 g/mol. The summed E-state index contributed by atoms with van der Waals surface area (Å²) in [5.41, 5.74) is 6.58. The zero-order chi connectivity index (χ0) is 37.1. The van der Waals surface area contributed by atoms with Crippen LogP contribution >= 0.6 is 11.3 Å². The topological polar surface area (TPSA) is 43.9 Å². The van der Waals surface area contributed by atoms with Gasteiger partial charge in [0.15, 0.2) is 5.82 Å². The van der Waals surface area contributed by atoms with E-state index in [0.29, 0.717) is 5.76 Å². The van der Waals surface area contributed by atoms with Gasteiger partial charge in [0.2, 0.25) is 0 Å². The Hall–Kier alpha value is -7.08. The molecule has 0 unspecified atom stereocenters. The van der Waals surface area contributed by atoms with E-state index in [1.54, 1.807) is 17.4 Å². The van der Waals surface area contributed by atoms with Crippen LogP contribution in [-0.4, -0.2) is 14.5 Å². The Balaban J connectivity index is 1.32. The maximum absolute atomic E-state index is 6.43. The number of nitrogens with zero attached hydrogens (tertiary/aromatic N) is 3. The van der Waals surface area contributed by atoms with Gasteiger partial charge in [-0.1, -0.05) is 140 Å². The second-order valence-electron chi connectivity index (χ2n) is 14.4. The van der Waals surface area contributed by atoms with Crippen LogP contribution in [0.15, 0.2) is 163 Å². The average molecular weight is 734 g/mol. The number of rotatable bonds is 4. The van der Waals surface area contributed by atoms with Crippen LogP contribution in [0.2, 0.25) is 0 Å². The highest BCUT2D eigenvalue weighted by Crippen LogP contribution is 2.47. The highest BCUT2D eigenvalue weighted by Gasteiger charge is 2.27. The van der Waals surface area contributed by atoms with E-state index in [-0.39, 0.29) is 0 Å². The summed E-state index contributed by atoms with van der Waals surface area (Å²) in [5, 5.41) is 14.3. The molecule has 4 aromatic heterocycles. The van der Waals surface area contributed by atoms with Gasteiger partial charge < -0.3 is 4.42 Å². The first-order valence-corrected chi connectivity index (χ1v) is 19.7. The van der Waals surface area contributed by atoms with Gasteiger partial charge in [-0.25, -0.2) is 9.97 Å². The fourth-order valence-corrected chi connectivity index (χ4v) is 10.2. The van der Waals surface area contributed by atoms with Crippen LogP contribution in [-0.2, 0) is 0 Å². The van der Waals surface area contributed by atoms with E-state index in [1.165, 1.54) is 48.5 Å². The van der Waals surface area contributed by atoms with Crippen molar-refractivity contribution >= 4 is 119 Å². The van der Waals surface area contributed by atoms with Crippen LogP contribution in [0.25, 0.3) is 114 Å². The Morgan fingerprint density at radius 1 is 0.607 bits per heavy atom. The van der Waals surface area contributed by atoms with E-state index < -0.39 is 0 Å². The van der Waals surface area contributed by atoms with Gasteiger partial charge in [-0.3, -0.25) is 4.57 Å². The Kier molecular flexibility index (Phi) is 6.54. The number of para-hydroxylation sites is 1. The van der Waals surface area contributed by atoms with Crippen LogP contribution in [0.4, 0.5) is 0 Å². The van der Waals surface area contributed by atoms with Crippen LogP contribution in [0.1, 0.15) is 23.9 Å². The standard InChI is InChI=1S/C51H31N3OS/c1-3-30(44-37-21-11-13-23-42(37)55-41(44)4-2)47-50(52-48-38-22-12-14-24-43(38)56-51(48)53-47)54-40-28-27-36-34-19-8-7-17-32(34)33-18-9-10-20-35(33)45(36)46(40)39-26-25-29-15-5-6-16-31(29)49(39)54/h3-28H,2H2,1H3/b30-3+. The molecule has 0 N–H and O–H groups in total. The largest absolute Gasteiger partial charge is 0.456 e. The molecule has 0 aliphatic carbocycles. The molecule has 262 valence electrons. The molecule has 0 amide bonds. The van der Waals surface area contributed by atoms with Gasteiger partial charge in [0.25, 0.3) is 0 Å². The first-order valence-electron chi connectivity index (χ1n) is 18.9. The van der Waals surface area contributed by atoms with E-state index >= 15 is 0 Å². The van der Waals surface area contributed by atoms with Crippen LogP contribution in [0.3, 0.4) is 0 Å². The minimum atomic E-state index is 0.709. The quantitative estimate of drug-likeness (QED) is 0.169. The molecule has 0 atom stereocenters. The Labute approximate surface area is 324 Å². The molecule has 0 aliphatic heterocycles. The number of allylic oxidation sites excluding steroid dienone is 1. The van der Waals surface area contributed by atoms with Crippen molar-refractivity contribution in [3.63, 3.8) is 0 Å². The lowest BCUT2D eigenvalue weighted by atomic mass is 9.91. The first-order chi connectivity index (χ1) is 27.7. The summed E-state index contributed by atoms with van der Waals surface area (Å²) in [4.78, 5) is 12.2. The normalized spacial score (nSPS) is 12.6. The molecule has 0 saturated heterocycles. The first kappa shape index (κ1) is 31.3. The molecule has 0 aliphatic rings. The smallest absolute Gasteiger partial charge is 0.165 e. The van der Waals surface area contributed by atoms with E-state index in [2.05, 4.69) is 158 Å². The number of thiophene rings is 1. The second kappa shape index (κ2) is 11.7. The summed E-state index contributed by atoms with van der Waals surface area (Å²) in [7, 11) is 0. The summed E-state index contributed by atoms with van der Waals surface area (Å²) in [6.45, 7) is 6.26. The monoisotopic (exact) mass is 733 g/mol. The van der Waals surface area contributed by atoms with Crippen LogP contribution < -0.4 is 0 Å². The number of benzene rings is 8. The lowest BCUT2D eigenvalue weighted by Crippen LogP contribution is -2.06. The van der Waals surface area contributed by atoms with Crippen molar-refractivity contribution < 1.29 is 4.42 Å². The summed E-state index contributed by atoms with van der Waals surface area (Å²) in [5.74, 6) is 1.48. The molecule has 0 radical (unpaired) electrons. The Morgan fingerprint density at radius 3 is 2.00 bits per heavy atom. The molecule has 5 heteroatoms. The lowest BCUT2D eigenvalue weighted by molar-refractivity contribution is 0.603. The van der Waals surface area contributed by atoms with Crippen molar-refractivity contribution in [1.29, 1.82) is 0 Å². The molecule has 0 bridgehead atoms. The number of fused-ring (bicyclic) bond motifs is 16. The molecule has 8 aromatic carbocycles. The molecule has 4 heterocycles. The van der Waals surface area contributed by atoms with Crippen molar-refractivity contribution in [2.45, 2.75) is 6.92 Å². The zero-order valence-corrected chi connectivity index (χ0v) is 31.2. The van der Waals surface area contributed by atoms with Gasteiger partial charge in [-0.15, -0.1) is 11.3 Å². The van der Waals surface area contributed by atoms with Crippen LogP contribution in [0, 0.1) is 0 Å². The highest BCUT2D eigenvalue weighted by molar-refractivity contribution is 7.25. The number of hydrogen-bond donors (Lipinski definition) is 0. The number of hydrogen-bond acceptors (Lipinski definition) is 4. The summed E-state index contributed by atoms with van der Waals surface area (Å²) >= 11 is 1.68. The summed E-state index contributed by atoms with van der Waals surface area (Å²) in [6, 6.07) is 52.2. The average Bonchev–Trinajstić information content (AvgIpc) is 3.93. The predicted octanol–water partition coefficient (Wildman–Crippen LogP) is 14.4. The number of furan rings is 1. The summed E-state index contributed by atoms with van der Waals surface area (Å²) in [6.07, 6.45) is 3.96. The van der Waals surface area contributed by atoms with Gasteiger partial charge >= 0.3 is 0 Å². The van der Waals surface area contributed by atoms with Gasteiger partial charge in [0, 0.05) is 48.2 Å². The number of aromatic nitrogens is 3. The minimum absolute atomic E-state index is 0.709. The highest BCUT2D eigenvalue weighted by atomic mass is 32.1. The van der Waals surface area contributed by atoms with E-state index in [9.17, 15) is 0 Å². The van der Waals surface area contributed by atoms with Crippen molar-refractivity contribution in [1.82, 2.24) is 14.5 Å². The molecule has 0 fully saturated rings. The van der Waals surface area contributed by atoms with Crippen molar-refractivity contribution in [3.8, 4) is 5.82 Å². The third kappa shape index (κ3) is 4.18. The third-order valence-electron chi connectivity index (χ3n) is 11.5. The van der Waals surface area contributed by atoms with Gasteiger partial charge in [0.1, 0.15) is 27.4 Å². The molecule has 0 spiro atoms. The van der Waals surface area contributed by atoms with Crippen molar-refractivity contribution in [2.75, 3.05) is 0 Å². The fraction of sp³-hybridized carbons (Fsp3) is 0.0196. The van der Waals surface area contributed by atoms with E-state index in [4.69, 9.17) is 14.4 Å². The van der Waals surface area contributed by atoms with Gasteiger partial charge in [0.05, 0.1) is 11.0 Å². The minimum Gasteiger partial charge on any atom is -0.456 e.